The molecule has 1 atom stereocenters. The molecule has 1 aromatic carbocycles. The average molecular weight is 345 g/mol. The maximum atomic E-state index is 12.3. The largest absolute Gasteiger partial charge is 0.482 e. The van der Waals surface area contributed by atoms with Gasteiger partial charge in [-0.25, -0.2) is 0 Å². The summed E-state index contributed by atoms with van der Waals surface area (Å²) in [6, 6.07) is 5.44. The molecule has 1 amide bonds. The molecule has 0 bridgehead atoms. The lowest BCUT2D eigenvalue weighted by Crippen LogP contribution is -2.39. The van der Waals surface area contributed by atoms with Crippen LogP contribution in [-0.4, -0.2) is 54.5 Å². The van der Waals surface area contributed by atoms with Gasteiger partial charge in [0.15, 0.2) is 6.61 Å². The van der Waals surface area contributed by atoms with Gasteiger partial charge >= 0.3 is 0 Å². The highest BCUT2D eigenvalue weighted by atomic mass is 35.5. The molecule has 22 heavy (non-hydrogen) atoms. The van der Waals surface area contributed by atoms with Crippen LogP contribution in [0.2, 0.25) is 10.0 Å². The maximum Gasteiger partial charge on any atom is 0.260 e. The molecule has 0 aliphatic carbocycles. The molecular formula is C16H22Cl2N2O2. The van der Waals surface area contributed by atoms with Crippen molar-refractivity contribution < 1.29 is 9.53 Å². The molecule has 1 aliphatic heterocycles. The second-order valence-corrected chi connectivity index (χ2v) is 6.21. The summed E-state index contributed by atoms with van der Waals surface area (Å²) in [5.41, 5.74) is 0. The standard InChI is InChI=1S/C16H22Cl2N2O2/c1-3-19(4-2)13-7-8-20(10-13)16(21)11-22-15-6-5-12(17)9-14(15)18/h5-6,9,13H,3-4,7-8,10-11H2,1-2H3. The van der Waals surface area contributed by atoms with E-state index in [2.05, 4.69) is 18.7 Å². The fourth-order valence-corrected chi connectivity index (χ4v) is 3.29. The van der Waals surface area contributed by atoms with Gasteiger partial charge in [0.1, 0.15) is 5.75 Å². The van der Waals surface area contributed by atoms with Crippen molar-refractivity contribution in [3.05, 3.63) is 28.2 Å². The Morgan fingerprint density at radius 1 is 1.36 bits per heavy atom. The number of amides is 1. The van der Waals surface area contributed by atoms with Gasteiger partial charge in [0.05, 0.1) is 5.02 Å². The Morgan fingerprint density at radius 3 is 2.73 bits per heavy atom. The highest BCUT2D eigenvalue weighted by molar-refractivity contribution is 6.35. The monoisotopic (exact) mass is 344 g/mol. The maximum absolute atomic E-state index is 12.3. The molecular weight excluding hydrogens is 323 g/mol. The lowest BCUT2D eigenvalue weighted by molar-refractivity contribution is -0.132. The van der Waals surface area contributed by atoms with Crippen molar-refractivity contribution in [2.75, 3.05) is 32.8 Å². The number of halogens is 2. The molecule has 0 radical (unpaired) electrons. The molecule has 1 heterocycles. The molecule has 1 aliphatic rings. The molecule has 0 aromatic heterocycles. The summed E-state index contributed by atoms with van der Waals surface area (Å²) in [6.07, 6.45) is 1.02. The van der Waals surface area contributed by atoms with Crippen molar-refractivity contribution in [3.63, 3.8) is 0 Å². The lowest BCUT2D eigenvalue weighted by Gasteiger charge is -2.26. The van der Waals surface area contributed by atoms with E-state index in [-0.39, 0.29) is 12.5 Å². The summed E-state index contributed by atoms with van der Waals surface area (Å²) in [7, 11) is 0. The van der Waals surface area contributed by atoms with Gasteiger partial charge in [-0.15, -0.1) is 0 Å². The Kier molecular flexibility index (Phi) is 6.36. The van der Waals surface area contributed by atoms with E-state index in [1.165, 1.54) is 0 Å². The van der Waals surface area contributed by atoms with Gasteiger partial charge in [-0.2, -0.15) is 0 Å². The zero-order valence-electron chi connectivity index (χ0n) is 13.0. The summed E-state index contributed by atoms with van der Waals surface area (Å²) < 4.78 is 5.52. The van der Waals surface area contributed by atoms with Gasteiger partial charge in [-0.3, -0.25) is 9.69 Å². The van der Waals surface area contributed by atoms with Crippen molar-refractivity contribution in [1.82, 2.24) is 9.80 Å². The quantitative estimate of drug-likeness (QED) is 0.793. The number of benzene rings is 1. The fraction of sp³-hybridized carbons (Fsp3) is 0.562. The SMILES string of the molecule is CCN(CC)C1CCN(C(=O)COc2ccc(Cl)cc2Cl)C1. The minimum absolute atomic E-state index is 0.000623. The molecule has 1 saturated heterocycles. The predicted octanol–water partition coefficient (Wildman–Crippen LogP) is 3.31. The molecule has 1 aromatic rings. The zero-order chi connectivity index (χ0) is 16.1. The van der Waals surface area contributed by atoms with Gasteiger partial charge in [0.2, 0.25) is 0 Å². The number of nitrogens with zero attached hydrogens (tertiary/aromatic N) is 2. The Bertz CT molecular complexity index is 521. The van der Waals surface area contributed by atoms with Crippen LogP contribution in [0, 0.1) is 0 Å². The van der Waals surface area contributed by atoms with Crippen molar-refractivity contribution in [1.29, 1.82) is 0 Å². The number of hydrogen-bond donors (Lipinski definition) is 0. The Labute approximate surface area is 141 Å². The first-order chi connectivity index (χ1) is 10.5. The topological polar surface area (TPSA) is 32.8 Å². The van der Waals surface area contributed by atoms with E-state index in [1.807, 2.05) is 4.90 Å². The van der Waals surface area contributed by atoms with Crippen LogP contribution >= 0.6 is 23.2 Å². The third kappa shape index (κ3) is 4.28. The van der Waals surface area contributed by atoms with Gasteiger partial charge in [0.25, 0.3) is 5.91 Å². The Morgan fingerprint density at radius 2 is 2.09 bits per heavy atom. The van der Waals surface area contributed by atoms with Crippen molar-refractivity contribution in [2.24, 2.45) is 0 Å². The van der Waals surface area contributed by atoms with Crippen LogP contribution in [0.3, 0.4) is 0 Å². The van der Waals surface area contributed by atoms with Gasteiger partial charge in [-0.1, -0.05) is 37.0 Å². The molecule has 2 rings (SSSR count). The molecule has 0 spiro atoms. The molecule has 4 nitrogen and oxygen atoms in total. The highest BCUT2D eigenvalue weighted by Crippen LogP contribution is 2.27. The number of ether oxygens (including phenoxy) is 1. The molecule has 122 valence electrons. The zero-order valence-corrected chi connectivity index (χ0v) is 14.5. The number of hydrogen-bond acceptors (Lipinski definition) is 3. The van der Waals surface area contributed by atoms with Crippen molar-refractivity contribution in [3.8, 4) is 5.75 Å². The molecule has 6 heteroatoms. The van der Waals surface area contributed by atoms with Crippen LogP contribution in [-0.2, 0) is 4.79 Å². The molecule has 1 fully saturated rings. The van der Waals surface area contributed by atoms with Crippen molar-refractivity contribution in [2.45, 2.75) is 26.3 Å². The first-order valence-corrected chi connectivity index (χ1v) is 8.40. The predicted molar refractivity (Wildman–Crippen MR) is 89.9 cm³/mol. The van der Waals surface area contributed by atoms with Crippen LogP contribution in [0.5, 0.6) is 5.75 Å². The van der Waals surface area contributed by atoms with E-state index in [0.29, 0.717) is 21.8 Å². The Hall–Kier alpha value is -0.970. The van der Waals surface area contributed by atoms with E-state index >= 15 is 0 Å². The lowest BCUT2D eigenvalue weighted by atomic mass is 10.2. The van der Waals surface area contributed by atoms with Crippen molar-refractivity contribution >= 4 is 29.1 Å². The fourth-order valence-electron chi connectivity index (χ4n) is 2.83. The van der Waals surface area contributed by atoms with E-state index < -0.39 is 0 Å². The van der Waals surface area contributed by atoms with Crippen LogP contribution < -0.4 is 4.74 Å². The third-order valence-corrected chi connectivity index (χ3v) is 4.62. The van der Waals surface area contributed by atoms with Gasteiger partial charge < -0.3 is 9.64 Å². The summed E-state index contributed by atoms with van der Waals surface area (Å²) in [5, 5.41) is 0.966. The summed E-state index contributed by atoms with van der Waals surface area (Å²) in [5.74, 6) is 0.486. The van der Waals surface area contributed by atoms with E-state index in [0.717, 1.165) is 32.6 Å². The number of likely N-dealkylation sites (tertiary alicyclic amines) is 1. The third-order valence-electron chi connectivity index (χ3n) is 4.09. The average Bonchev–Trinajstić information content (AvgIpc) is 2.97. The first-order valence-electron chi connectivity index (χ1n) is 7.64. The minimum Gasteiger partial charge on any atom is -0.482 e. The number of carbonyl (C=O) groups excluding carboxylic acids is 1. The van der Waals surface area contributed by atoms with Crippen LogP contribution in [0.25, 0.3) is 0 Å². The number of carbonyl (C=O) groups is 1. The van der Waals surface area contributed by atoms with E-state index in [1.54, 1.807) is 18.2 Å². The summed E-state index contributed by atoms with van der Waals surface area (Å²) in [6.45, 7) is 7.90. The minimum atomic E-state index is 0.000623. The first kappa shape index (κ1) is 17.4. The van der Waals surface area contributed by atoms with E-state index in [4.69, 9.17) is 27.9 Å². The molecule has 1 unspecified atom stereocenters. The van der Waals surface area contributed by atoms with Crippen LogP contribution in [0.15, 0.2) is 18.2 Å². The summed E-state index contributed by atoms with van der Waals surface area (Å²) >= 11 is 11.9. The van der Waals surface area contributed by atoms with Crippen LogP contribution in [0.4, 0.5) is 0 Å². The second kappa shape index (κ2) is 8.04. The molecule has 0 saturated carbocycles. The second-order valence-electron chi connectivity index (χ2n) is 5.37. The van der Waals surface area contributed by atoms with E-state index in [9.17, 15) is 4.79 Å². The summed E-state index contributed by atoms with van der Waals surface area (Å²) in [4.78, 5) is 16.5. The molecule has 0 N–H and O–H groups in total. The van der Waals surface area contributed by atoms with Gasteiger partial charge in [-0.05, 0) is 37.7 Å². The number of likely N-dealkylation sites (N-methyl/N-ethyl adjacent to an activating group) is 1. The number of rotatable bonds is 6. The highest BCUT2D eigenvalue weighted by Gasteiger charge is 2.29. The Balaban J connectivity index is 1.85. The smallest absolute Gasteiger partial charge is 0.260 e. The van der Waals surface area contributed by atoms with Gasteiger partial charge in [0, 0.05) is 24.2 Å². The van der Waals surface area contributed by atoms with Crippen LogP contribution in [0.1, 0.15) is 20.3 Å². The normalized spacial score (nSPS) is 18.0.